The smallest absolute Gasteiger partial charge is 0.138 e. The number of rotatable bonds is 4. The van der Waals surface area contributed by atoms with Crippen LogP contribution in [0.1, 0.15) is 38.5 Å². The third kappa shape index (κ3) is 3.56. The van der Waals surface area contributed by atoms with Gasteiger partial charge in [0.15, 0.2) is 0 Å². The molecule has 0 aromatic rings. The molecular formula is C13H23NO2. The summed E-state index contributed by atoms with van der Waals surface area (Å²) in [5.41, 5.74) is 0. The zero-order chi connectivity index (χ0) is 11.2. The molecule has 2 fully saturated rings. The third-order valence-corrected chi connectivity index (χ3v) is 3.87. The SMILES string of the molecule is O=C(CCC1CCNCC1)C1CCCOC1. The van der Waals surface area contributed by atoms with Gasteiger partial charge in [0.1, 0.15) is 5.78 Å². The number of Topliss-reactive ketones (excluding diaryl/α,β-unsaturated/α-hetero) is 1. The molecule has 0 amide bonds. The normalized spacial score (nSPS) is 27.9. The number of ether oxygens (including phenoxy) is 1. The lowest BCUT2D eigenvalue weighted by Gasteiger charge is -2.24. The zero-order valence-electron chi connectivity index (χ0n) is 10.0. The second-order valence-electron chi connectivity index (χ2n) is 5.11. The highest BCUT2D eigenvalue weighted by Crippen LogP contribution is 2.22. The van der Waals surface area contributed by atoms with Crippen molar-refractivity contribution in [1.82, 2.24) is 5.32 Å². The molecule has 0 radical (unpaired) electrons. The number of hydrogen-bond donors (Lipinski definition) is 1. The van der Waals surface area contributed by atoms with Crippen LogP contribution in [0.25, 0.3) is 0 Å². The van der Waals surface area contributed by atoms with Crippen LogP contribution in [0.3, 0.4) is 0 Å². The number of piperidine rings is 1. The Morgan fingerprint density at radius 3 is 2.75 bits per heavy atom. The Balaban J connectivity index is 1.65. The van der Waals surface area contributed by atoms with Crippen LogP contribution in [0, 0.1) is 11.8 Å². The van der Waals surface area contributed by atoms with Gasteiger partial charge in [-0.05, 0) is 51.1 Å². The zero-order valence-corrected chi connectivity index (χ0v) is 10.0. The first-order valence-corrected chi connectivity index (χ1v) is 6.67. The second-order valence-corrected chi connectivity index (χ2v) is 5.11. The van der Waals surface area contributed by atoms with E-state index in [9.17, 15) is 4.79 Å². The molecule has 2 heterocycles. The van der Waals surface area contributed by atoms with Crippen LogP contribution in [0.15, 0.2) is 0 Å². The number of hydrogen-bond acceptors (Lipinski definition) is 3. The molecule has 3 nitrogen and oxygen atoms in total. The van der Waals surface area contributed by atoms with Gasteiger partial charge in [-0.2, -0.15) is 0 Å². The fourth-order valence-corrected chi connectivity index (χ4v) is 2.72. The Labute approximate surface area is 97.9 Å². The molecule has 0 saturated carbocycles. The topological polar surface area (TPSA) is 38.3 Å². The quantitative estimate of drug-likeness (QED) is 0.792. The van der Waals surface area contributed by atoms with Crippen molar-refractivity contribution in [1.29, 1.82) is 0 Å². The van der Waals surface area contributed by atoms with Crippen LogP contribution < -0.4 is 5.32 Å². The van der Waals surface area contributed by atoms with Gasteiger partial charge in [0.25, 0.3) is 0 Å². The standard InChI is InChI=1S/C13H23NO2/c15-13(12-2-1-9-16-10-12)4-3-11-5-7-14-8-6-11/h11-12,14H,1-10H2. The van der Waals surface area contributed by atoms with E-state index in [2.05, 4.69) is 5.32 Å². The van der Waals surface area contributed by atoms with Gasteiger partial charge < -0.3 is 10.1 Å². The Morgan fingerprint density at radius 2 is 2.06 bits per heavy atom. The summed E-state index contributed by atoms with van der Waals surface area (Å²) in [7, 11) is 0. The molecule has 1 N–H and O–H groups in total. The lowest BCUT2D eigenvalue weighted by molar-refractivity contribution is -0.127. The fraction of sp³-hybridized carbons (Fsp3) is 0.923. The number of nitrogens with one attached hydrogen (secondary N) is 1. The van der Waals surface area contributed by atoms with Crippen LogP contribution in [0.5, 0.6) is 0 Å². The Bertz CT molecular complexity index is 218. The van der Waals surface area contributed by atoms with Gasteiger partial charge in [-0.1, -0.05) is 0 Å². The molecule has 2 saturated heterocycles. The summed E-state index contributed by atoms with van der Waals surface area (Å²) in [6, 6.07) is 0. The lowest BCUT2D eigenvalue weighted by Crippen LogP contribution is -2.29. The van der Waals surface area contributed by atoms with Crippen molar-refractivity contribution in [2.24, 2.45) is 11.8 Å². The summed E-state index contributed by atoms with van der Waals surface area (Å²) < 4.78 is 5.36. The highest BCUT2D eigenvalue weighted by Gasteiger charge is 2.22. The van der Waals surface area contributed by atoms with E-state index in [0.29, 0.717) is 12.4 Å². The van der Waals surface area contributed by atoms with Crippen LogP contribution >= 0.6 is 0 Å². The van der Waals surface area contributed by atoms with Crippen molar-refractivity contribution in [2.75, 3.05) is 26.3 Å². The van der Waals surface area contributed by atoms with Crippen LogP contribution in [0.4, 0.5) is 0 Å². The molecule has 0 aromatic heterocycles. The number of carbonyl (C=O) groups excluding carboxylic acids is 1. The molecule has 16 heavy (non-hydrogen) atoms. The van der Waals surface area contributed by atoms with Gasteiger partial charge in [0.05, 0.1) is 6.61 Å². The Hall–Kier alpha value is -0.410. The van der Waals surface area contributed by atoms with Crippen molar-refractivity contribution in [3.8, 4) is 0 Å². The predicted octanol–water partition coefficient (Wildman–Crippen LogP) is 1.76. The van der Waals surface area contributed by atoms with Crippen LogP contribution in [-0.4, -0.2) is 32.1 Å². The third-order valence-electron chi connectivity index (χ3n) is 3.87. The van der Waals surface area contributed by atoms with E-state index in [4.69, 9.17) is 4.74 Å². The number of ketones is 1. The van der Waals surface area contributed by atoms with Gasteiger partial charge in [-0.25, -0.2) is 0 Å². The average Bonchev–Trinajstić information content (AvgIpc) is 2.38. The van der Waals surface area contributed by atoms with Crippen LogP contribution in [-0.2, 0) is 9.53 Å². The van der Waals surface area contributed by atoms with Gasteiger partial charge in [0, 0.05) is 18.9 Å². The highest BCUT2D eigenvalue weighted by atomic mass is 16.5. The summed E-state index contributed by atoms with van der Waals surface area (Å²) in [4.78, 5) is 11.9. The maximum Gasteiger partial charge on any atom is 0.138 e. The molecule has 0 aliphatic carbocycles. The van der Waals surface area contributed by atoms with E-state index >= 15 is 0 Å². The van der Waals surface area contributed by atoms with Gasteiger partial charge in [-0.15, -0.1) is 0 Å². The summed E-state index contributed by atoms with van der Waals surface area (Å²) in [5, 5.41) is 3.36. The molecule has 2 aliphatic rings. The second kappa shape index (κ2) is 6.36. The molecule has 1 unspecified atom stereocenters. The molecule has 0 aromatic carbocycles. The summed E-state index contributed by atoms with van der Waals surface area (Å²) in [5.74, 6) is 1.42. The predicted molar refractivity (Wildman–Crippen MR) is 63.4 cm³/mol. The molecule has 3 heteroatoms. The monoisotopic (exact) mass is 225 g/mol. The van der Waals surface area contributed by atoms with Gasteiger partial charge in [0.2, 0.25) is 0 Å². The first-order chi connectivity index (χ1) is 7.86. The van der Waals surface area contributed by atoms with Crippen molar-refractivity contribution in [3.63, 3.8) is 0 Å². The first-order valence-electron chi connectivity index (χ1n) is 6.67. The van der Waals surface area contributed by atoms with E-state index in [1.54, 1.807) is 0 Å². The van der Waals surface area contributed by atoms with Gasteiger partial charge >= 0.3 is 0 Å². The van der Waals surface area contributed by atoms with Crippen molar-refractivity contribution in [3.05, 3.63) is 0 Å². The molecule has 0 spiro atoms. The average molecular weight is 225 g/mol. The Morgan fingerprint density at radius 1 is 1.25 bits per heavy atom. The minimum Gasteiger partial charge on any atom is -0.381 e. The van der Waals surface area contributed by atoms with E-state index in [0.717, 1.165) is 51.3 Å². The highest BCUT2D eigenvalue weighted by molar-refractivity contribution is 5.81. The van der Waals surface area contributed by atoms with Crippen molar-refractivity contribution in [2.45, 2.75) is 38.5 Å². The maximum atomic E-state index is 11.9. The first kappa shape index (κ1) is 12.1. The van der Waals surface area contributed by atoms with Crippen LogP contribution in [0.2, 0.25) is 0 Å². The summed E-state index contributed by atoms with van der Waals surface area (Å²) in [6.07, 6.45) is 6.47. The van der Waals surface area contributed by atoms with E-state index in [-0.39, 0.29) is 5.92 Å². The molecular weight excluding hydrogens is 202 g/mol. The van der Waals surface area contributed by atoms with E-state index < -0.39 is 0 Å². The van der Waals surface area contributed by atoms with Gasteiger partial charge in [-0.3, -0.25) is 4.79 Å². The molecule has 0 bridgehead atoms. The minimum atomic E-state index is 0.204. The summed E-state index contributed by atoms with van der Waals surface area (Å²) in [6.45, 7) is 3.78. The summed E-state index contributed by atoms with van der Waals surface area (Å²) >= 11 is 0. The largest absolute Gasteiger partial charge is 0.381 e. The maximum absolute atomic E-state index is 11.9. The van der Waals surface area contributed by atoms with E-state index in [1.165, 1.54) is 12.8 Å². The van der Waals surface area contributed by atoms with E-state index in [1.807, 2.05) is 0 Å². The fourth-order valence-electron chi connectivity index (χ4n) is 2.72. The molecule has 2 rings (SSSR count). The lowest BCUT2D eigenvalue weighted by atomic mass is 9.88. The molecule has 92 valence electrons. The minimum absolute atomic E-state index is 0.204. The van der Waals surface area contributed by atoms with Crippen molar-refractivity contribution >= 4 is 5.78 Å². The molecule has 1 atom stereocenters. The molecule has 2 aliphatic heterocycles. The Kier molecular flexibility index (Phi) is 4.79. The van der Waals surface area contributed by atoms with Crippen molar-refractivity contribution < 1.29 is 9.53 Å². The number of carbonyl (C=O) groups is 1.